The first-order chi connectivity index (χ1) is 9.29. The number of alkyl halides is 1. The molecule has 0 unspecified atom stereocenters. The largest absolute Gasteiger partial charge is 0.480 e. The van der Waals surface area contributed by atoms with Crippen LogP contribution in [0.5, 0.6) is 0 Å². The molecule has 0 spiro atoms. The van der Waals surface area contributed by atoms with Crippen molar-refractivity contribution in [3.63, 3.8) is 0 Å². The summed E-state index contributed by atoms with van der Waals surface area (Å²) in [6, 6.07) is -0.830. The summed E-state index contributed by atoms with van der Waals surface area (Å²) < 4.78 is 0. The van der Waals surface area contributed by atoms with E-state index >= 15 is 0 Å². The third-order valence-corrected chi connectivity index (χ3v) is 4.13. The molecular formula is C13H21BrN2O4. The van der Waals surface area contributed by atoms with Crippen LogP contribution in [0.25, 0.3) is 0 Å². The molecule has 1 rings (SSSR count). The van der Waals surface area contributed by atoms with Gasteiger partial charge in [-0.1, -0.05) is 29.8 Å². The predicted octanol–water partition coefficient (Wildman–Crippen LogP) is 0.797. The molecule has 2 amide bonds. The number of rotatable bonds is 5. The summed E-state index contributed by atoms with van der Waals surface area (Å²) in [5.74, 6) is -1.70. The molecule has 0 aromatic heterocycles. The Morgan fingerprint density at radius 1 is 1.40 bits per heavy atom. The Balaban J connectivity index is 2.71. The second-order valence-electron chi connectivity index (χ2n) is 5.44. The average molecular weight is 349 g/mol. The number of likely N-dealkylation sites (tertiary alicyclic amines) is 1. The van der Waals surface area contributed by atoms with Crippen molar-refractivity contribution in [1.82, 2.24) is 9.80 Å². The maximum absolute atomic E-state index is 12.4. The first-order valence-corrected chi connectivity index (χ1v) is 7.75. The molecule has 1 N–H and O–H groups in total. The number of amides is 2. The van der Waals surface area contributed by atoms with E-state index in [-0.39, 0.29) is 29.0 Å². The van der Waals surface area contributed by atoms with Gasteiger partial charge in [-0.25, -0.2) is 4.79 Å². The molecule has 1 heterocycles. The summed E-state index contributed by atoms with van der Waals surface area (Å²) in [7, 11) is 1.52. The van der Waals surface area contributed by atoms with Crippen LogP contribution < -0.4 is 0 Å². The van der Waals surface area contributed by atoms with Crippen molar-refractivity contribution in [2.45, 2.75) is 26.3 Å². The lowest BCUT2D eigenvalue weighted by Gasteiger charge is -2.29. The smallest absolute Gasteiger partial charge is 0.326 e. The van der Waals surface area contributed by atoms with Crippen molar-refractivity contribution in [3.05, 3.63) is 0 Å². The molecule has 114 valence electrons. The van der Waals surface area contributed by atoms with Gasteiger partial charge in [-0.15, -0.1) is 0 Å². The fourth-order valence-electron chi connectivity index (χ4n) is 2.60. The molecule has 0 radical (unpaired) electrons. The van der Waals surface area contributed by atoms with E-state index in [1.165, 1.54) is 11.9 Å². The minimum absolute atomic E-state index is 0.0402. The van der Waals surface area contributed by atoms with E-state index in [0.717, 1.165) is 0 Å². The van der Waals surface area contributed by atoms with Gasteiger partial charge < -0.3 is 14.9 Å². The van der Waals surface area contributed by atoms with Gasteiger partial charge in [-0.2, -0.15) is 0 Å². The zero-order valence-corrected chi connectivity index (χ0v) is 13.6. The molecule has 1 aliphatic heterocycles. The van der Waals surface area contributed by atoms with E-state index in [2.05, 4.69) is 15.9 Å². The van der Waals surface area contributed by atoms with Crippen LogP contribution >= 0.6 is 15.9 Å². The van der Waals surface area contributed by atoms with Gasteiger partial charge in [0, 0.05) is 20.1 Å². The van der Waals surface area contributed by atoms with Crippen LogP contribution in [0.4, 0.5) is 0 Å². The number of nitrogens with zero attached hydrogens (tertiary/aromatic N) is 2. The van der Waals surface area contributed by atoms with E-state index in [4.69, 9.17) is 0 Å². The maximum atomic E-state index is 12.4. The monoisotopic (exact) mass is 348 g/mol. The Bertz CT molecular complexity index is 400. The molecule has 6 nitrogen and oxygen atoms in total. The molecule has 1 saturated heterocycles. The number of carbonyl (C=O) groups is 3. The first-order valence-electron chi connectivity index (χ1n) is 6.62. The average Bonchev–Trinajstić information content (AvgIpc) is 2.85. The normalized spacial score (nSPS) is 20.1. The van der Waals surface area contributed by atoms with Crippen molar-refractivity contribution < 1.29 is 19.5 Å². The highest BCUT2D eigenvalue weighted by molar-refractivity contribution is 9.09. The summed E-state index contributed by atoms with van der Waals surface area (Å²) in [5, 5.41) is 9.46. The number of hydrogen-bond acceptors (Lipinski definition) is 3. The third-order valence-electron chi connectivity index (χ3n) is 3.65. The van der Waals surface area contributed by atoms with Crippen molar-refractivity contribution in [3.8, 4) is 0 Å². The molecule has 0 aromatic carbocycles. The van der Waals surface area contributed by atoms with Crippen LogP contribution in [0.2, 0.25) is 0 Å². The van der Waals surface area contributed by atoms with Gasteiger partial charge in [0.1, 0.15) is 6.04 Å². The molecule has 0 aliphatic carbocycles. The number of carboxylic acids is 1. The third kappa shape index (κ3) is 3.71. The fourth-order valence-corrected chi connectivity index (χ4v) is 2.95. The zero-order valence-electron chi connectivity index (χ0n) is 12.0. The summed E-state index contributed by atoms with van der Waals surface area (Å²) in [6.07, 6.45) is 0.590. The van der Waals surface area contributed by atoms with Crippen LogP contribution in [0.15, 0.2) is 0 Å². The maximum Gasteiger partial charge on any atom is 0.326 e. The summed E-state index contributed by atoms with van der Waals surface area (Å²) in [4.78, 5) is 38.1. The lowest BCUT2D eigenvalue weighted by molar-refractivity contribution is -0.152. The van der Waals surface area contributed by atoms with Crippen LogP contribution in [-0.4, -0.2) is 64.2 Å². The van der Waals surface area contributed by atoms with Crippen molar-refractivity contribution in [2.75, 3.05) is 25.5 Å². The highest BCUT2D eigenvalue weighted by Gasteiger charge is 2.37. The molecule has 2 atom stereocenters. The molecule has 20 heavy (non-hydrogen) atoms. The van der Waals surface area contributed by atoms with Gasteiger partial charge in [0.2, 0.25) is 11.8 Å². The minimum Gasteiger partial charge on any atom is -0.480 e. The summed E-state index contributed by atoms with van der Waals surface area (Å²) >= 11 is 3.11. The Hall–Kier alpha value is -1.11. The molecule has 7 heteroatoms. The van der Waals surface area contributed by atoms with Crippen molar-refractivity contribution in [1.29, 1.82) is 0 Å². The second kappa shape index (κ2) is 7.06. The highest BCUT2D eigenvalue weighted by atomic mass is 79.9. The summed E-state index contributed by atoms with van der Waals surface area (Å²) in [6.45, 7) is 4.47. The first kappa shape index (κ1) is 16.9. The highest BCUT2D eigenvalue weighted by Crippen LogP contribution is 2.21. The molecule has 1 fully saturated rings. The van der Waals surface area contributed by atoms with Crippen LogP contribution in [0.3, 0.4) is 0 Å². The SMILES string of the molecule is CC(C)[C@@H](C(=O)O)N(C)C(=O)[C@H]1CCN(C(=O)CBr)C1. The van der Waals surface area contributed by atoms with Gasteiger partial charge >= 0.3 is 5.97 Å². The molecular weight excluding hydrogens is 328 g/mol. The Kier molecular flexibility index (Phi) is 5.98. The lowest BCUT2D eigenvalue weighted by Crippen LogP contribution is -2.48. The van der Waals surface area contributed by atoms with Gasteiger partial charge in [0.05, 0.1) is 11.2 Å². The minimum atomic E-state index is -0.998. The van der Waals surface area contributed by atoms with Gasteiger partial charge in [0.25, 0.3) is 0 Å². The van der Waals surface area contributed by atoms with E-state index in [1.54, 1.807) is 18.7 Å². The van der Waals surface area contributed by atoms with Crippen molar-refractivity contribution >= 4 is 33.7 Å². The zero-order chi connectivity index (χ0) is 15.4. The molecule has 1 aliphatic rings. The number of hydrogen-bond donors (Lipinski definition) is 1. The Labute approximate surface area is 127 Å². The fraction of sp³-hybridized carbons (Fsp3) is 0.769. The van der Waals surface area contributed by atoms with E-state index < -0.39 is 12.0 Å². The summed E-state index contributed by atoms with van der Waals surface area (Å²) in [5.41, 5.74) is 0. The van der Waals surface area contributed by atoms with Crippen LogP contribution in [0, 0.1) is 11.8 Å². The van der Waals surface area contributed by atoms with Gasteiger partial charge in [-0.3, -0.25) is 9.59 Å². The number of likely N-dealkylation sites (N-methyl/N-ethyl adjacent to an activating group) is 1. The van der Waals surface area contributed by atoms with Crippen LogP contribution in [0.1, 0.15) is 20.3 Å². The topological polar surface area (TPSA) is 77.9 Å². The number of halogens is 1. The number of aliphatic carboxylic acids is 1. The Morgan fingerprint density at radius 3 is 2.45 bits per heavy atom. The predicted molar refractivity (Wildman–Crippen MR) is 77.5 cm³/mol. The molecule has 0 aromatic rings. The van der Waals surface area contributed by atoms with Gasteiger partial charge in [0.15, 0.2) is 0 Å². The molecule has 0 saturated carbocycles. The van der Waals surface area contributed by atoms with E-state index in [9.17, 15) is 19.5 Å². The number of carbonyl (C=O) groups excluding carboxylic acids is 2. The lowest BCUT2D eigenvalue weighted by atomic mass is 10.0. The standard InChI is InChI=1S/C13H21BrN2O4/c1-8(2)11(13(19)20)15(3)12(18)9-4-5-16(7-9)10(17)6-14/h8-9,11H,4-7H2,1-3H3,(H,19,20)/t9-,11-/m0/s1. The van der Waals surface area contributed by atoms with Crippen LogP contribution in [-0.2, 0) is 14.4 Å². The molecule has 0 bridgehead atoms. The quantitative estimate of drug-likeness (QED) is 0.745. The van der Waals surface area contributed by atoms with Gasteiger partial charge in [-0.05, 0) is 12.3 Å². The number of carboxylic acid groups (broad SMARTS) is 1. The van der Waals surface area contributed by atoms with Crippen molar-refractivity contribution in [2.24, 2.45) is 11.8 Å². The van der Waals surface area contributed by atoms with E-state index in [1.807, 2.05) is 0 Å². The van der Waals surface area contributed by atoms with E-state index in [0.29, 0.717) is 19.5 Å². The Morgan fingerprint density at radius 2 is 2.00 bits per heavy atom. The second-order valence-corrected chi connectivity index (χ2v) is 6.00.